The van der Waals surface area contributed by atoms with Crippen LogP contribution in [0.1, 0.15) is 17.8 Å². The summed E-state index contributed by atoms with van der Waals surface area (Å²) in [5.41, 5.74) is 0. The predicted octanol–water partition coefficient (Wildman–Crippen LogP) is 3.66. The van der Waals surface area contributed by atoms with Gasteiger partial charge in [0.25, 0.3) is 5.91 Å². The van der Waals surface area contributed by atoms with Crippen molar-refractivity contribution in [2.45, 2.75) is 13.0 Å². The second-order valence-corrected chi connectivity index (χ2v) is 5.41. The topological polar surface area (TPSA) is 38.3 Å². The summed E-state index contributed by atoms with van der Waals surface area (Å²) in [4.78, 5) is 12.9. The highest BCUT2D eigenvalue weighted by molar-refractivity contribution is 7.10. The Hall–Kier alpha value is -1.52. The highest BCUT2D eigenvalue weighted by atomic mass is 35.5. The van der Waals surface area contributed by atoms with Crippen LogP contribution in [0, 0.1) is 0 Å². The van der Waals surface area contributed by atoms with Crippen LogP contribution >= 0.6 is 22.9 Å². The highest BCUT2D eigenvalue weighted by Gasteiger charge is 2.11. The monoisotopic (exact) mass is 295 g/mol. The molecule has 19 heavy (non-hydrogen) atoms. The summed E-state index contributed by atoms with van der Waals surface area (Å²) < 4.78 is 5.38. The molecule has 0 unspecified atom stereocenters. The number of carbonyl (C=O) groups is 1. The summed E-state index contributed by atoms with van der Waals surface area (Å²) >= 11 is 7.55. The van der Waals surface area contributed by atoms with Crippen molar-refractivity contribution in [3.63, 3.8) is 0 Å². The lowest BCUT2D eigenvalue weighted by molar-refractivity contribution is -0.123. The van der Waals surface area contributed by atoms with Crippen LogP contribution in [0.3, 0.4) is 0 Å². The van der Waals surface area contributed by atoms with Crippen LogP contribution in [-0.2, 0) is 4.79 Å². The molecule has 1 aromatic heterocycles. The third-order valence-electron chi connectivity index (χ3n) is 2.54. The number of rotatable bonds is 5. The first kappa shape index (κ1) is 13.9. The van der Waals surface area contributed by atoms with Gasteiger partial charge in [-0.25, -0.2) is 0 Å². The first-order chi connectivity index (χ1) is 9.16. The summed E-state index contributed by atoms with van der Waals surface area (Å²) in [5.74, 6) is 0.351. The maximum Gasteiger partial charge on any atom is 0.258 e. The molecule has 2 aromatic rings. The molecule has 1 N–H and O–H groups in total. The van der Waals surface area contributed by atoms with Gasteiger partial charge in [-0.15, -0.1) is 11.3 Å². The van der Waals surface area contributed by atoms with Gasteiger partial charge in [0.2, 0.25) is 0 Å². The molecule has 1 amide bonds. The fourth-order valence-electron chi connectivity index (χ4n) is 1.60. The van der Waals surface area contributed by atoms with Gasteiger partial charge in [-0.1, -0.05) is 29.8 Å². The van der Waals surface area contributed by atoms with Crippen molar-refractivity contribution in [3.8, 4) is 5.75 Å². The molecule has 0 radical (unpaired) electrons. The molecular weight excluding hydrogens is 282 g/mol. The smallest absolute Gasteiger partial charge is 0.258 e. The minimum atomic E-state index is -0.166. The van der Waals surface area contributed by atoms with Gasteiger partial charge < -0.3 is 10.1 Å². The van der Waals surface area contributed by atoms with Crippen LogP contribution in [0.5, 0.6) is 5.75 Å². The zero-order valence-corrected chi connectivity index (χ0v) is 12.0. The number of carbonyl (C=O) groups excluding carboxylic acids is 1. The number of thiophene rings is 1. The molecule has 0 aliphatic heterocycles. The molecule has 0 bridgehead atoms. The summed E-state index contributed by atoms with van der Waals surface area (Å²) in [6.07, 6.45) is 0. The lowest BCUT2D eigenvalue weighted by atomic mass is 10.3. The van der Waals surface area contributed by atoms with E-state index in [2.05, 4.69) is 5.32 Å². The molecule has 0 saturated carbocycles. The van der Waals surface area contributed by atoms with Crippen LogP contribution in [0.25, 0.3) is 0 Å². The van der Waals surface area contributed by atoms with Crippen LogP contribution in [0.15, 0.2) is 41.8 Å². The van der Waals surface area contributed by atoms with E-state index in [1.165, 1.54) is 0 Å². The Kier molecular flexibility index (Phi) is 4.82. The van der Waals surface area contributed by atoms with E-state index < -0.39 is 0 Å². The average molecular weight is 296 g/mol. The van der Waals surface area contributed by atoms with Crippen LogP contribution in [-0.4, -0.2) is 12.5 Å². The fraction of sp³-hybridized carbons (Fsp3) is 0.214. The van der Waals surface area contributed by atoms with E-state index in [1.54, 1.807) is 23.5 Å². The third kappa shape index (κ3) is 3.98. The largest absolute Gasteiger partial charge is 0.482 e. The number of hydrogen-bond donors (Lipinski definition) is 1. The van der Waals surface area contributed by atoms with Gasteiger partial charge in [0, 0.05) is 4.88 Å². The summed E-state index contributed by atoms with van der Waals surface area (Å²) in [6, 6.07) is 11.0. The normalized spacial score (nSPS) is 11.9. The maximum atomic E-state index is 11.8. The number of hydrogen-bond acceptors (Lipinski definition) is 3. The first-order valence-electron chi connectivity index (χ1n) is 5.87. The molecular formula is C14H14ClNO2S. The van der Waals surface area contributed by atoms with Crippen LogP contribution < -0.4 is 10.1 Å². The Balaban J connectivity index is 1.84. The zero-order valence-electron chi connectivity index (χ0n) is 10.4. The number of ether oxygens (including phenoxy) is 1. The predicted molar refractivity (Wildman–Crippen MR) is 77.8 cm³/mol. The maximum absolute atomic E-state index is 11.8. The van der Waals surface area contributed by atoms with Crippen molar-refractivity contribution in [3.05, 3.63) is 51.7 Å². The van der Waals surface area contributed by atoms with Gasteiger partial charge in [-0.3, -0.25) is 4.79 Å². The van der Waals surface area contributed by atoms with Crippen molar-refractivity contribution < 1.29 is 9.53 Å². The molecule has 0 fully saturated rings. The lowest BCUT2D eigenvalue weighted by Crippen LogP contribution is -2.30. The van der Waals surface area contributed by atoms with Crippen LogP contribution in [0.4, 0.5) is 0 Å². The molecule has 0 saturated heterocycles. The molecule has 2 rings (SSSR count). The van der Waals surface area contributed by atoms with Crippen molar-refractivity contribution in [1.29, 1.82) is 0 Å². The quantitative estimate of drug-likeness (QED) is 0.914. The number of amides is 1. The second kappa shape index (κ2) is 6.59. The molecule has 3 nitrogen and oxygen atoms in total. The third-order valence-corrected chi connectivity index (χ3v) is 3.91. The van der Waals surface area contributed by atoms with E-state index in [4.69, 9.17) is 16.3 Å². The number of nitrogens with one attached hydrogen (secondary N) is 1. The number of halogens is 1. The molecule has 100 valence electrons. The van der Waals surface area contributed by atoms with Crippen molar-refractivity contribution in [2.75, 3.05) is 6.61 Å². The summed E-state index contributed by atoms with van der Waals surface area (Å²) in [7, 11) is 0. The Morgan fingerprint density at radius 3 is 2.84 bits per heavy atom. The Labute approximate surface area is 121 Å². The number of benzene rings is 1. The van der Waals surface area contributed by atoms with E-state index in [0.717, 1.165) is 4.88 Å². The fourth-order valence-corrected chi connectivity index (χ4v) is 2.52. The van der Waals surface area contributed by atoms with Gasteiger partial charge in [-0.05, 0) is 30.5 Å². The molecule has 5 heteroatoms. The van der Waals surface area contributed by atoms with Crippen molar-refractivity contribution >= 4 is 28.8 Å². The Morgan fingerprint density at radius 2 is 2.16 bits per heavy atom. The molecule has 1 atom stereocenters. The molecule has 0 aliphatic carbocycles. The van der Waals surface area contributed by atoms with Crippen molar-refractivity contribution in [1.82, 2.24) is 5.32 Å². The van der Waals surface area contributed by atoms with Gasteiger partial charge in [0.1, 0.15) is 5.75 Å². The van der Waals surface area contributed by atoms with E-state index in [9.17, 15) is 4.79 Å². The van der Waals surface area contributed by atoms with Crippen molar-refractivity contribution in [2.24, 2.45) is 0 Å². The minimum absolute atomic E-state index is 0.0117. The van der Waals surface area contributed by atoms with Gasteiger partial charge >= 0.3 is 0 Å². The van der Waals surface area contributed by atoms with E-state index in [1.807, 2.05) is 36.6 Å². The first-order valence-corrected chi connectivity index (χ1v) is 7.12. The summed E-state index contributed by atoms with van der Waals surface area (Å²) in [5, 5.41) is 5.36. The van der Waals surface area contributed by atoms with E-state index >= 15 is 0 Å². The standard InChI is InChI=1S/C14H14ClNO2S/c1-10(13-7-4-8-19-13)16-14(17)9-18-12-6-3-2-5-11(12)15/h2-8,10H,9H2,1H3,(H,16,17)/t10-/m0/s1. The molecule has 1 aromatic carbocycles. The van der Waals surface area contributed by atoms with Gasteiger partial charge in [-0.2, -0.15) is 0 Å². The van der Waals surface area contributed by atoms with Gasteiger partial charge in [0.15, 0.2) is 6.61 Å². The minimum Gasteiger partial charge on any atom is -0.482 e. The molecule has 0 spiro atoms. The highest BCUT2D eigenvalue weighted by Crippen LogP contribution is 2.23. The zero-order chi connectivity index (χ0) is 13.7. The second-order valence-electron chi connectivity index (χ2n) is 4.02. The SMILES string of the molecule is C[C@H](NC(=O)COc1ccccc1Cl)c1cccs1. The van der Waals surface area contributed by atoms with Crippen LogP contribution in [0.2, 0.25) is 5.02 Å². The number of para-hydroxylation sites is 1. The summed E-state index contributed by atoms with van der Waals surface area (Å²) in [6.45, 7) is 1.90. The van der Waals surface area contributed by atoms with Gasteiger partial charge in [0.05, 0.1) is 11.1 Å². The lowest BCUT2D eigenvalue weighted by Gasteiger charge is -2.13. The van der Waals surface area contributed by atoms with E-state index in [-0.39, 0.29) is 18.6 Å². The Morgan fingerprint density at radius 1 is 1.37 bits per heavy atom. The van der Waals surface area contributed by atoms with E-state index in [0.29, 0.717) is 10.8 Å². The molecule has 0 aliphatic rings. The Bertz CT molecular complexity index is 542. The molecule has 1 heterocycles. The average Bonchev–Trinajstić information content (AvgIpc) is 2.91.